The summed E-state index contributed by atoms with van der Waals surface area (Å²) in [5.74, 6) is 0.988. The standard InChI is InChI=1S/C20H24BrN3OS/c1-2-25-19-7-4-3-6-17(19)14-24(15-18-8-9-20(21)26-18)12-5-11-23-13-10-22-16-23/h3-4,6-10,13,16H,2,5,11-12,14-15H2,1H3. The lowest BCUT2D eigenvalue weighted by Gasteiger charge is -2.23. The molecule has 0 aliphatic carbocycles. The maximum absolute atomic E-state index is 5.81. The molecular formula is C20H24BrN3OS. The minimum Gasteiger partial charge on any atom is -0.494 e. The molecule has 6 heteroatoms. The summed E-state index contributed by atoms with van der Waals surface area (Å²) in [6.07, 6.45) is 6.81. The van der Waals surface area contributed by atoms with Crippen LogP contribution in [0.25, 0.3) is 0 Å². The zero-order valence-electron chi connectivity index (χ0n) is 15.0. The molecule has 0 unspecified atom stereocenters. The van der Waals surface area contributed by atoms with E-state index in [-0.39, 0.29) is 0 Å². The molecule has 0 N–H and O–H groups in total. The van der Waals surface area contributed by atoms with Crippen LogP contribution in [0.15, 0.2) is 58.9 Å². The molecule has 3 rings (SSSR count). The third-order valence-corrected chi connectivity index (χ3v) is 5.73. The Kier molecular flexibility index (Phi) is 7.29. The molecule has 26 heavy (non-hydrogen) atoms. The molecule has 0 aliphatic rings. The van der Waals surface area contributed by atoms with Gasteiger partial charge in [0.05, 0.1) is 16.7 Å². The number of hydrogen-bond acceptors (Lipinski definition) is 4. The average Bonchev–Trinajstić information content (AvgIpc) is 3.29. The number of halogens is 1. The van der Waals surface area contributed by atoms with Gasteiger partial charge in [0.15, 0.2) is 0 Å². The van der Waals surface area contributed by atoms with Crippen molar-refractivity contribution < 1.29 is 4.74 Å². The average molecular weight is 434 g/mol. The molecule has 0 atom stereocenters. The Balaban J connectivity index is 1.67. The molecule has 2 aromatic heterocycles. The van der Waals surface area contributed by atoms with Gasteiger partial charge < -0.3 is 9.30 Å². The van der Waals surface area contributed by atoms with Crippen LogP contribution in [0.2, 0.25) is 0 Å². The number of rotatable bonds is 10. The van der Waals surface area contributed by atoms with Gasteiger partial charge in [-0.25, -0.2) is 4.98 Å². The van der Waals surface area contributed by atoms with Gasteiger partial charge in [0.1, 0.15) is 5.75 Å². The van der Waals surface area contributed by atoms with E-state index in [1.54, 1.807) is 11.3 Å². The van der Waals surface area contributed by atoms with Gasteiger partial charge in [-0.3, -0.25) is 4.90 Å². The Hall–Kier alpha value is -1.63. The second-order valence-electron chi connectivity index (χ2n) is 6.11. The van der Waals surface area contributed by atoms with Crippen molar-refractivity contribution in [2.75, 3.05) is 13.2 Å². The summed E-state index contributed by atoms with van der Waals surface area (Å²) in [6.45, 7) is 6.56. The molecule has 0 fully saturated rings. The van der Waals surface area contributed by atoms with Crippen LogP contribution >= 0.6 is 27.3 Å². The normalized spacial score (nSPS) is 11.2. The molecule has 0 spiro atoms. The zero-order valence-corrected chi connectivity index (χ0v) is 17.4. The van der Waals surface area contributed by atoms with Crippen LogP contribution in [0.4, 0.5) is 0 Å². The summed E-state index contributed by atoms with van der Waals surface area (Å²) in [7, 11) is 0. The molecule has 0 amide bonds. The molecule has 4 nitrogen and oxygen atoms in total. The summed E-state index contributed by atoms with van der Waals surface area (Å²) in [5.41, 5.74) is 1.24. The first-order chi connectivity index (χ1) is 12.7. The first kappa shape index (κ1) is 19.1. The van der Waals surface area contributed by atoms with Gasteiger partial charge in [-0.05, 0) is 47.5 Å². The number of imidazole rings is 1. The van der Waals surface area contributed by atoms with Crippen molar-refractivity contribution in [2.45, 2.75) is 33.0 Å². The van der Waals surface area contributed by atoms with Crippen LogP contribution < -0.4 is 4.74 Å². The number of aryl methyl sites for hydroxylation is 1. The number of ether oxygens (including phenoxy) is 1. The van der Waals surface area contributed by atoms with Crippen LogP contribution in [-0.2, 0) is 19.6 Å². The van der Waals surface area contributed by atoms with Gasteiger partial charge in [-0.2, -0.15) is 0 Å². The zero-order chi connectivity index (χ0) is 18.2. The summed E-state index contributed by atoms with van der Waals surface area (Å²) in [5, 5.41) is 0. The summed E-state index contributed by atoms with van der Waals surface area (Å²) < 4.78 is 9.13. The second-order valence-corrected chi connectivity index (χ2v) is 8.66. The lowest BCUT2D eigenvalue weighted by Crippen LogP contribution is -2.24. The monoisotopic (exact) mass is 433 g/mol. The maximum atomic E-state index is 5.81. The largest absolute Gasteiger partial charge is 0.494 e. The van der Waals surface area contributed by atoms with E-state index in [2.05, 4.69) is 60.7 Å². The molecule has 0 saturated carbocycles. The molecule has 0 bridgehead atoms. The van der Waals surface area contributed by atoms with Crippen molar-refractivity contribution in [3.63, 3.8) is 0 Å². The van der Waals surface area contributed by atoms with Gasteiger partial charge >= 0.3 is 0 Å². The van der Waals surface area contributed by atoms with Gasteiger partial charge in [-0.1, -0.05) is 18.2 Å². The van der Waals surface area contributed by atoms with Crippen LogP contribution in [-0.4, -0.2) is 27.6 Å². The van der Waals surface area contributed by atoms with E-state index in [0.717, 1.165) is 38.3 Å². The fraction of sp³-hybridized carbons (Fsp3) is 0.350. The number of thiophene rings is 1. The van der Waals surface area contributed by atoms with Gasteiger partial charge in [0.2, 0.25) is 0 Å². The van der Waals surface area contributed by atoms with E-state index in [1.165, 1.54) is 14.2 Å². The molecule has 2 heterocycles. The van der Waals surface area contributed by atoms with Crippen molar-refractivity contribution >= 4 is 27.3 Å². The van der Waals surface area contributed by atoms with E-state index < -0.39 is 0 Å². The highest BCUT2D eigenvalue weighted by Gasteiger charge is 2.12. The molecule has 138 valence electrons. The predicted molar refractivity (Wildman–Crippen MR) is 111 cm³/mol. The third-order valence-electron chi connectivity index (χ3n) is 4.12. The maximum Gasteiger partial charge on any atom is 0.123 e. The predicted octanol–water partition coefficient (Wildman–Crippen LogP) is 5.20. The van der Waals surface area contributed by atoms with Gasteiger partial charge in [-0.15, -0.1) is 11.3 Å². The van der Waals surface area contributed by atoms with E-state index in [1.807, 2.05) is 31.7 Å². The SMILES string of the molecule is CCOc1ccccc1CN(CCCn1ccnc1)Cc1ccc(Br)s1. The van der Waals surface area contributed by atoms with Crippen molar-refractivity contribution in [3.8, 4) is 5.75 Å². The fourth-order valence-electron chi connectivity index (χ4n) is 2.94. The minimum absolute atomic E-state index is 0.690. The summed E-state index contributed by atoms with van der Waals surface area (Å²) in [4.78, 5) is 7.98. The van der Waals surface area contributed by atoms with E-state index in [9.17, 15) is 0 Å². The van der Waals surface area contributed by atoms with Gasteiger partial charge in [0.25, 0.3) is 0 Å². The molecule has 0 radical (unpaired) electrons. The minimum atomic E-state index is 0.690. The van der Waals surface area contributed by atoms with E-state index in [0.29, 0.717) is 6.61 Å². The van der Waals surface area contributed by atoms with Crippen LogP contribution in [0.1, 0.15) is 23.8 Å². The molecule has 1 aromatic carbocycles. The van der Waals surface area contributed by atoms with Crippen LogP contribution in [0, 0.1) is 0 Å². The highest BCUT2D eigenvalue weighted by atomic mass is 79.9. The van der Waals surface area contributed by atoms with Gasteiger partial charge in [0, 0.05) is 49.0 Å². The molecule has 3 aromatic rings. The highest BCUT2D eigenvalue weighted by molar-refractivity contribution is 9.11. The van der Waals surface area contributed by atoms with Crippen LogP contribution in [0.3, 0.4) is 0 Å². The number of aromatic nitrogens is 2. The lowest BCUT2D eigenvalue weighted by molar-refractivity contribution is 0.244. The number of nitrogens with zero attached hydrogens (tertiary/aromatic N) is 3. The highest BCUT2D eigenvalue weighted by Crippen LogP contribution is 2.25. The molecular weight excluding hydrogens is 410 g/mol. The van der Waals surface area contributed by atoms with Crippen LogP contribution in [0.5, 0.6) is 5.75 Å². The number of benzene rings is 1. The van der Waals surface area contributed by atoms with Crippen molar-refractivity contribution in [1.29, 1.82) is 0 Å². The number of para-hydroxylation sites is 1. The Bertz CT molecular complexity index is 788. The Labute approximate surface area is 167 Å². The van der Waals surface area contributed by atoms with Crippen molar-refractivity contribution in [1.82, 2.24) is 14.5 Å². The fourth-order valence-corrected chi connectivity index (χ4v) is 4.46. The van der Waals surface area contributed by atoms with E-state index >= 15 is 0 Å². The quantitative estimate of drug-likeness (QED) is 0.440. The smallest absolute Gasteiger partial charge is 0.123 e. The first-order valence-electron chi connectivity index (χ1n) is 8.87. The second kappa shape index (κ2) is 9.90. The number of hydrogen-bond donors (Lipinski definition) is 0. The lowest BCUT2D eigenvalue weighted by atomic mass is 10.1. The molecule has 0 saturated heterocycles. The first-order valence-corrected chi connectivity index (χ1v) is 10.5. The Morgan fingerprint density at radius 2 is 2.08 bits per heavy atom. The Morgan fingerprint density at radius 1 is 1.19 bits per heavy atom. The van der Waals surface area contributed by atoms with Crippen molar-refractivity contribution in [3.05, 3.63) is 69.3 Å². The Morgan fingerprint density at radius 3 is 2.81 bits per heavy atom. The van der Waals surface area contributed by atoms with Crippen molar-refractivity contribution in [2.24, 2.45) is 0 Å². The van der Waals surface area contributed by atoms with E-state index in [4.69, 9.17) is 4.74 Å². The molecule has 0 aliphatic heterocycles. The third kappa shape index (κ3) is 5.69. The summed E-state index contributed by atoms with van der Waals surface area (Å²) >= 11 is 5.37. The topological polar surface area (TPSA) is 30.3 Å². The summed E-state index contributed by atoms with van der Waals surface area (Å²) in [6, 6.07) is 12.7.